The molecule has 1 aromatic carbocycles. The highest BCUT2D eigenvalue weighted by atomic mass is 35.5. The second kappa shape index (κ2) is 7.44. The first-order valence-corrected chi connectivity index (χ1v) is 9.91. The first kappa shape index (κ1) is 19.2. The van der Waals surface area contributed by atoms with E-state index in [9.17, 15) is 8.42 Å². The monoisotopic (exact) mass is 371 g/mol. The van der Waals surface area contributed by atoms with Crippen molar-refractivity contribution in [2.45, 2.75) is 19.4 Å². The van der Waals surface area contributed by atoms with E-state index in [0.29, 0.717) is 12.5 Å². The van der Waals surface area contributed by atoms with Crippen LogP contribution in [0, 0.1) is 5.92 Å². The number of nitrogens with zero attached hydrogens (tertiary/aromatic N) is 2. The Morgan fingerprint density at radius 1 is 1.29 bits per heavy atom. The summed E-state index contributed by atoms with van der Waals surface area (Å²) >= 11 is 0. The highest BCUT2D eigenvalue weighted by molar-refractivity contribution is 7.88. The maximum Gasteiger partial charge on any atom is 0.209 e. The SMILES string of the molecule is CN1CCC(Cc2cn(C)c3ccc(CNS(C)(=O)=O)cc23)C1.Cl. The third-order valence-corrected chi connectivity index (χ3v) is 5.34. The van der Waals surface area contributed by atoms with Crippen molar-refractivity contribution in [1.29, 1.82) is 0 Å². The van der Waals surface area contributed by atoms with Gasteiger partial charge in [-0.15, -0.1) is 12.4 Å². The first-order valence-electron chi connectivity index (χ1n) is 8.02. The molecule has 0 spiro atoms. The van der Waals surface area contributed by atoms with E-state index in [1.165, 1.54) is 35.7 Å². The molecule has 5 nitrogen and oxygen atoms in total. The molecule has 0 saturated carbocycles. The molecular weight excluding hydrogens is 346 g/mol. The van der Waals surface area contributed by atoms with Gasteiger partial charge in [-0.3, -0.25) is 0 Å². The number of nitrogens with one attached hydrogen (secondary N) is 1. The zero-order valence-corrected chi connectivity index (χ0v) is 16.1. The molecule has 2 aromatic rings. The lowest BCUT2D eigenvalue weighted by Gasteiger charge is -2.10. The summed E-state index contributed by atoms with van der Waals surface area (Å²) in [6, 6.07) is 6.20. The van der Waals surface area contributed by atoms with Crippen molar-refractivity contribution in [3.05, 3.63) is 35.5 Å². The van der Waals surface area contributed by atoms with Crippen molar-refractivity contribution >= 4 is 33.3 Å². The molecule has 1 fully saturated rings. The number of aryl methyl sites for hydroxylation is 1. The van der Waals surface area contributed by atoms with Gasteiger partial charge in [-0.2, -0.15) is 0 Å². The predicted molar refractivity (Wildman–Crippen MR) is 101 cm³/mol. The minimum absolute atomic E-state index is 0. The van der Waals surface area contributed by atoms with Crippen molar-refractivity contribution in [1.82, 2.24) is 14.2 Å². The Bertz CT molecular complexity index is 817. The molecule has 0 amide bonds. The molecule has 134 valence electrons. The quantitative estimate of drug-likeness (QED) is 0.876. The molecule has 1 aliphatic heterocycles. The van der Waals surface area contributed by atoms with Crippen LogP contribution in [-0.4, -0.2) is 44.3 Å². The fourth-order valence-electron chi connectivity index (χ4n) is 3.51. The molecule has 24 heavy (non-hydrogen) atoms. The zero-order chi connectivity index (χ0) is 16.6. The van der Waals surface area contributed by atoms with E-state index in [4.69, 9.17) is 0 Å². The molecule has 1 saturated heterocycles. The number of sulfonamides is 1. The second-order valence-electron chi connectivity index (χ2n) is 6.83. The van der Waals surface area contributed by atoms with Gasteiger partial charge in [0.15, 0.2) is 0 Å². The third kappa shape index (κ3) is 4.51. The van der Waals surface area contributed by atoms with Gasteiger partial charge in [-0.1, -0.05) is 6.07 Å². The van der Waals surface area contributed by atoms with Gasteiger partial charge >= 0.3 is 0 Å². The molecule has 0 radical (unpaired) electrons. The molecule has 1 N–H and O–H groups in total. The molecular formula is C17H26ClN3O2S. The van der Waals surface area contributed by atoms with Crippen molar-refractivity contribution < 1.29 is 8.42 Å². The summed E-state index contributed by atoms with van der Waals surface area (Å²) in [4.78, 5) is 2.39. The predicted octanol–water partition coefficient (Wildman–Crippen LogP) is 2.14. The molecule has 1 aliphatic rings. The number of hydrogen-bond acceptors (Lipinski definition) is 3. The van der Waals surface area contributed by atoms with E-state index in [1.54, 1.807) is 0 Å². The molecule has 1 atom stereocenters. The van der Waals surface area contributed by atoms with E-state index < -0.39 is 10.0 Å². The number of likely N-dealkylation sites (tertiary alicyclic amines) is 1. The van der Waals surface area contributed by atoms with Crippen LogP contribution in [0.4, 0.5) is 0 Å². The first-order chi connectivity index (χ1) is 10.8. The normalized spacial score (nSPS) is 18.9. The van der Waals surface area contributed by atoms with Crippen LogP contribution in [0.2, 0.25) is 0 Å². The maximum atomic E-state index is 11.3. The number of aromatic nitrogens is 1. The minimum Gasteiger partial charge on any atom is -0.350 e. The summed E-state index contributed by atoms with van der Waals surface area (Å²) in [5.41, 5.74) is 3.57. The highest BCUT2D eigenvalue weighted by Crippen LogP contribution is 2.27. The second-order valence-corrected chi connectivity index (χ2v) is 8.66. The Hall–Kier alpha value is -1.08. The Morgan fingerprint density at radius 3 is 2.67 bits per heavy atom. The van der Waals surface area contributed by atoms with E-state index in [-0.39, 0.29) is 12.4 Å². The molecule has 1 aromatic heterocycles. The smallest absolute Gasteiger partial charge is 0.209 e. The van der Waals surface area contributed by atoms with Crippen LogP contribution in [0.15, 0.2) is 24.4 Å². The van der Waals surface area contributed by atoms with E-state index in [1.807, 2.05) is 6.07 Å². The van der Waals surface area contributed by atoms with E-state index in [2.05, 4.69) is 46.6 Å². The molecule has 7 heteroatoms. The average Bonchev–Trinajstić information content (AvgIpc) is 3.01. The molecule has 1 unspecified atom stereocenters. The third-order valence-electron chi connectivity index (χ3n) is 4.67. The molecule has 2 heterocycles. The van der Waals surface area contributed by atoms with Gasteiger partial charge < -0.3 is 9.47 Å². The summed E-state index contributed by atoms with van der Waals surface area (Å²) in [5.74, 6) is 0.711. The fraction of sp³-hybridized carbons (Fsp3) is 0.529. The lowest BCUT2D eigenvalue weighted by atomic mass is 9.97. The summed E-state index contributed by atoms with van der Waals surface area (Å²) in [6.45, 7) is 2.68. The van der Waals surface area contributed by atoms with Crippen LogP contribution < -0.4 is 4.72 Å². The topological polar surface area (TPSA) is 54.3 Å². The van der Waals surface area contributed by atoms with Gasteiger partial charge in [0.2, 0.25) is 10.0 Å². The number of rotatable bonds is 5. The fourth-order valence-corrected chi connectivity index (χ4v) is 3.94. The number of hydrogen-bond donors (Lipinski definition) is 1. The summed E-state index contributed by atoms with van der Waals surface area (Å²) in [7, 11) is 1.08. The standard InChI is InChI=1S/C17H25N3O2S.ClH/c1-19-7-6-14(11-19)8-15-12-20(2)17-5-4-13(9-16(15)17)10-18-23(3,21)22;/h4-5,9,12,14,18H,6-8,10-11H2,1-3H3;1H. The van der Waals surface area contributed by atoms with Gasteiger partial charge in [0.1, 0.15) is 0 Å². The largest absolute Gasteiger partial charge is 0.350 e. The molecule has 0 bridgehead atoms. The number of fused-ring (bicyclic) bond motifs is 1. The van der Waals surface area contributed by atoms with Gasteiger partial charge in [-0.05, 0) is 55.6 Å². The minimum atomic E-state index is -3.17. The van der Waals surface area contributed by atoms with Crippen molar-refractivity contribution in [2.24, 2.45) is 13.0 Å². The van der Waals surface area contributed by atoms with Crippen molar-refractivity contribution in [3.8, 4) is 0 Å². The van der Waals surface area contributed by atoms with Crippen LogP contribution in [0.3, 0.4) is 0 Å². The van der Waals surface area contributed by atoms with Gasteiger partial charge in [-0.25, -0.2) is 13.1 Å². The van der Waals surface area contributed by atoms with Crippen LogP contribution in [0.1, 0.15) is 17.5 Å². The molecule has 3 rings (SSSR count). The van der Waals surface area contributed by atoms with E-state index in [0.717, 1.165) is 18.5 Å². The lowest BCUT2D eigenvalue weighted by Crippen LogP contribution is -2.21. The van der Waals surface area contributed by atoms with Gasteiger partial charge in [0.05, 0.1) is 6.26 Å². The number of benzene rings is 1. The van der Waals surface area contributed by atoms with E-state index >= 15 is 0 Å². The Morgan fingerprint density at radius 2 is 2.04 bits per heavy atom. The maximum absolute atomic E-state index is 11.3. The van der Waals surface area contributed by atoms with Crippen LogP contribution in [-0.2, 0) is 30.0 Å². The van der Waals surface area contributed by atoms with Crippen molar-refractivity contribution in [3.63, 3.8) is 0 Å². The summed E-state index contributed by atoms with van der Waals surface area (Å²) < 4.78 is 27.3. The summed E-state index contributed by atoms with van der Waals surface area (Å²) in [5, 5.41) is 1.25. The Kier molecular flexibility index (Phi) is 5.96. The average molecular weight is 372 g/mol. The number of halogens is 1. The zero-order valence-electron chi connectivity index (χ0n) is 14.4. The van der Waals surface area contributed by atoms with Gasteiger partial charge in [0.25, 0.3) is 0 Å². The van der Waals surface area contributed by atoms with Crippen LogP contribution >= 0.6 is 12.4 Å². The highest BCUT2D eigenvalue weighted by Gasteiger charge is 2.21. The Balaban J connectivity index is 0.00000208. The van der Waals surface area contributed by atoms with Gasteiger partial charge in [0, 0.05) is 37.2 Å². The van der Waals surface area contributed by atoms with Crippen molar-refractivity contribution in [2.75, 3.05) is 26.4 Å². The Labute approximate surface area is 150 Å². The summed E-state index contributed by atoms with van der Waals surface area (Å²) in [6.07, 6.45) is 5.75. The molecule has 0 aliphatic carbocycles. The van der Waals surface area contributed by atoms with Crippen LogP contribution in [0.5, 0.6) is 0 Å². The van der Waals surface area contributed by atoms with Crippen LogP contribution in [0.25, 0.3) is 10.9 Å². The lowest BCUT2D eigenvalue weighted by molar-refractivity contribution is 0.394.